The van der Waals surface area contributed by atoms with Crippen molar-refractivity contribution in [3.63, 3.8) is 0 Å². The lowest BCUT2D eigenvalue weighted by molar-refractivity contribution is 0.637. The van der Waals surface area contributed by atoms with E-state index in [0.29, 0.717) is 5.92 Å². The Bertz CT molecular complexity index is 326. The van der Waals surface area contributed by atoms with Crippen LogP contribution in [-0.4, -0.2) is 0 Å². The molecule has 0 radical (unpaired) electrons. The second-order valence-corrected chi connectivity index (χ2v) is 4.31. The summed E-state index contributed by atoms with van der Waals surface area (Å²) in [7, 11) is 0. The number of hydrogen-bond donors (Lipinski definition) is 0. The molecule has 0 aliphatic carbocycles. The predicted molar refractivity (Wildman–Crippen MR) is 71.5 cm³/mol. The highest BCUT2D eigenvalue weighted by atomic mass is 14.1. The lowest BCUT2D eigenvalue weighted by Gasteiger charge is -2.11. The number of terminal acetylenes is 1. The maximum absolute atomic E-state index is 5.61. The van der Waals surface area contributed by atoms with Crippen LogP contribution in [0.2, 0.25) is 0 Å². The van der Waals surface area contributed by atoms with Gasteiger partial charge in [-0.15, -0.1) is 6.42 Å². The van der Waals surface area contributed by atoms with E-state index in [1.54, 1.807) is 0 Å². The van der Waals surface area contributed by atoms with E-state index in [9.17, 15) is 0 Å². The minimum atomic E-state index is 0.303. The zero-order valence-electron chi connectivity index (χ0n) is 10.5. The van der Waals surface area contributed by atoms with Crippen LogP contribution in [0.25, 0.3) is 0 Å². The average molecular weight is 214 g/mol. The number of rotatable bonds is 6. The fourth-order valence-electron chi connectivity index (χ4n) is 1.93. The van der Waals surface area contributed by atoms with Crippen molar-refractivity contribution in [3.05, 3.63) is 35.4 Å². The third kappa shape index (κ3) is 3.74. The average Bonchev–Trinajstić information content (AvgIpc) is 2.35. The highest BCUT2D eigenvalue weighted by molar-refractivity contribution is 5.29. The molecular formula is C16H22. The molecule has 0 saturated carbocycles. The van der Waals surface area contributed by atoms with Gasteiger partial charge in [-0.1, -0.05) is 63.3 Å². The summed E-state index contributed by atoms with van der Waals surface area (Å²) < 4.78 is 0. The van der Waals surface area contributed by atoms with Gasteiger partial charge in [0, 0.05) is 5.92 Å². The third-order valence-electron chi connectivity index (χ3n) is 3.09. The molecule has 1 rings (SSSR count). The summed E-state index contributed by atoms with van der Waals surface area (Å²) in [6.45, 7) is 4.40. The van der Waals surface area contributed by atoms with E-state index >= 15 is 0 Å². The molecule has 1 atom stereocenters. The minimum Gasteiger partial charge on any atom is -0.119 e. The van der Waals surface area contributed by atoms with Crippen LogP contribution in [0, 0.1) is 12.3 Å². The Labute approximate surface area is 100 Å². The quantitative estimate of drug-likeness (QED) is 0.481. The van der Waals surface area contributed by atoms with Crippen molar-refractivity contribution in [2.24, 2.45) is 0 Å². The topological polar surface area (TPSA) is 0 Å². The van der Waals surface area contributed by atoms with Gasteiger partial charge in [-0.3, -0.25) is 0 Å². The van der Waals surface area contributed by atoms with Crippen molar-refractivity contribution >= 4 is 0 Å². The fourth-order valence-corrected chi connectivity index (χ4v) is 1.93. The van der Waals surface area contributed by atoms with Crippen molar-refractivity contribution in [2.45, 2.75) is 51.9 Å². The molecule has 1 aromatic rings. The summed E-state index contributed by atoms with van der Waals surface area (Å²) in [5.41, 5.74) is 2.68. The summed E-state index contributed by atoms with van der Waals surface area (Å²) in [6, 6.07) is 8.77. The van der Waals surface area contributed by atoms with Crippen LogP contribution in [0.15, 0.2) is 24.3 Å². The van der Waals surface area contributed by atoms with Gasteiger partial charge in [-0.05, 0) is 24.0 Å². The van der Waals surface area contributed by atoms with Crippen molar-refractivity contribution in [2.75, 3.05) is 0 Å². The Hall–Kier alpha value is -1.22. The van der Waals surface area contributed by atoms with Gasteiger partial charge >= 0.3 is 0 Å². The van der Waals surface area contributed by atoms with Gasteiger partial charge in [-0.2, -0.15) is 0 Å². The van der Waals surface area contributed by atoms with Gasteiger partial charge in [0.2, 0.25) is 0 Å². The van der Waals surface area contributed by atoms with Gasteiger partial charge in [0.15, 0.2) is 0 Å². The van der Waals surface area contributed by atoms with Gasteiger partial charge in [-0.25, -0.2) is 0 Å². The molecule has 0 heteroatoms. The van der Waals surface area contributed by atoms with E-state index < -0.39 is 0 Å². The van der Waals surface area contributed by atoms with Crippen LogP contribution < -0.4 is 0 Å². The lowest BCUT2D eigenvalue weighted by Crippen LogP contribution is -1.96. The van der Waals surface area contributed by atoms with E-state index in [0.717, 1.165) is 12.8 Å². The third-order valence-corrected chi connectivity index (χ3v) is 3.09. The lowest BCUT2D eigenvalue weighted by atomic mass is 9.93. The van der Waals surface area contributed by atoms with E-state index in [1.807, 2.05) is 0 Å². The number of benzene rings is 1. The molecular weight excluding hydrogens is 192 g/mol. The monoisotopic (exact) mass is 214 g/mol. The standard InChI is InChI=1S/C16H22/c1-4-7-8-9-15(6-3)16-12-10-14(5-2)11-13-16/h3,10-13,15H,4-5,7-9H2,1-2H3. The largest absolute Gasteiger partial charge is 0.119 e. The fraction of sp³-hybridized carbons (Fsp3) is 0.500. The maximum atomic E-state index is 5.61. The minimum absolute atomic E-state index is 0.303. The summed E-state index contributed by atoms with van der Waals surface area (Å²) in [4.78, 5) is 0. The molecule has 16 heavy (non-hydrogen) atoms. The molecule has 1 aromatic carbocycles. The Morgan fingerprint density at radius 2 is 1.81 bits per heavy atom. The molecule has 0 saturated heterocycles. The molecule has 0 fully saturated rings. The highest BCUT2D eigenvalue weighted by Gasteiger charge is 2.07. The van der Waals surface area contributed by atoms with Gasteiger partial charge in [0.1, 0.15) is 0 Å². The first-order valence-electron chi connectivity index (χ1n) is 6.36. The predicted octanol–water partition coefficient (Wildman–Crippen LogP) is 4.55. The van der Waals surface area contributed by atoms with Crippen molar-refractivity contribution in [1.82, 2.24) is 0 Å². The van der Waals surface area contributed by atoms with E-state index in [1.165, 1.54) is 30.4 Å². The van der Waals surface area contributed by atoms with Crippen LogP contribution in [0.3, 0.4) is 0 Å². The Kier molecular flexibility index (Phi) is 5.72. The Morgan fingerprint density at radius 1 is 1.12 bits per heavy atom. The first-order chi connectivity index (χ1) is 7.81. The molecule has 1 unspecified atom stereocenters. The molecule has 0 bridgehead atoms. The zero-order valence-corrected chi connectivity index (χ0v) is 10.5. The second-order valence-electron chi connectivity index (χ2n) is 4.31. The molecule has 0 spiro atoms. The van der Waals surface area contributed by atoms with Crippen LogP contribution in [-0.2, 0) is 6.42 Å². The van der Waals surface area contributed by atoms with Gasteiger partial charge < -0.3 is 0 Å². The molecule has 0 amide bonds. The number of aryl methyl sites for hydroxylation is 1. The molecule has 0 aliphatic rings. The number of unbranched alkanes of at least 4 members (excludes halogenated alkanes) is 2. The van der Waals surface area contributed by atoms with E-state index in [-0.39, 0.29) is 0 Å². The van der Waals surface area contributed by atoms with E-state index in [4.69, 9.17) is 6.42 Å². The first-order valence-corrected chi connectivity index (χ1v) is 6.36. The smallest absolute Gasteiger partial charge is 0.0449 e. The first kappa shape index (κ1) is 12.8. The zero-order chi connectivity index (χ0) is 11.8. The van der Waals surface area contributed by atoms with Crippen LogP contribution in [0.4, 0.5) is 0 Å². The molecule has 86 valence electrons. The molecule has 0 heterocycles. The Morgan fingerprint density at radius 3 is 2.31 bits per heavy atom. The number of hydrogen-bond acceptors (Lipinski definition) is 0. The molecule has 0 N–H and O–H groups in total. The molecule has 0 aliphatic heterocycles. The van der Waals surface area contributed by atoms with E-state index in [2.05, 4.69) is 44.0 Å². The Balaban J connectivity index is 2.61. The van der Waals surface area contributed by atoms with Gasteiger partial charge in [0.25, 0.3) is 0 Å². The van der Waals surface area contributed by atoms with Crippen molar-refractivity contribution in [3.8, 4) is 12.3 Å². The summed E-state index contributed by atoms with van der Waals surface area (Å²) in [5, 5.41) is 0. The maximum Gasteiger partial charge on any atom is 0.0449 e. The normalized spacial score (nSPS) is 12.1. The SMILES string of the molecule is C#CC(CCCCC)c1ccc(CC)cc1. The summed E-state index contributed by atoms with van der Waals surface area (Å²) in [5.74, 6) is 3.22. The highest BCUT2D eigenvalue weighted by Crippen LogP contribution is 2.22. The van der Waals surface area contributed by atoms with Crippen molar-refractivity contribution < 1.29 is 0 Å². The summed E-state index contributed by atoms with van der Waals surface area (Å²) >= 11 is 0. The van der Waals surface area contributed by atoms with Crippen LogP contribution in [0.1, 0.15) is 56.6 Å². The van der Waals surface area contributed by atoms with Gasteiger partial charge in [0.05, 0.1) is 0 Å². The second kappa shape index (κ2) is 7.12. The van der Waals surface area contributed by atoms with Crippen molar-refractivity contribution in [1.29, 1.82) is 0 Å². The molecule has 0 nitrogen and oxygen atoms in total. The summed E-state index contributed by atoms with van der Waals surface area (Å²) in [6.07, 6.45) is 11.6. The van der Waals surface area contributed by atoms with Crippen LogP contribution >= 0.6 is 0 Å². The van der Waals surface area contributed by atoms with Crippen LogP contribution in [0.5, 0.6) is 0 Å². The molecule has 0 aromatic heterocycles.